The second kappa shape index (κ2) is 6.86. The molecule has 0 unspecified atom stereocenters. The molecule has 21 heavy (non-hydrogen) atoms. The van der Waals surface area contributed by atoms with Crippen molar-refractivity contribution in [3.63, 3.8) is 0 Å². The molecule has 0 aromatic heterocycles. The molecular formula is C15H20Cl2N2O2. The summed E-state index contributed by atoms with van der Waals surface area (Å²) >= 11 is 11.7. The summed E-state index contributed by atoms with van der Waals surface area (Å²) in [5.41, 5.74) is 8.06. The van der Waals surface area contributed by atoms with Gasteiger partial charge in [-0.05, 0) is 36.1 Å². The summed E-state index contributed by atoms with van der Waals surface area (Å²) in [5.74, 6) is 0.102. The molecule has 1 aliphatic carbocycles. The molecule has 0 radical (unpaired) electrons. The van der Waals surface area contributed by atoms with Crippen LogP contribution in [0.1, 0.15) is 17.5 Å². The maximum absolute atomic E-state index is 11.3. The van der Waals surface area contributed by atoms with Crippen LogP contribution in [0.5, 0.6) is 0 Å². The molecule has 116 valence electrons. The van der Waals surface area contributed by atoms with Crippen LogP contribution in [0.4, 0.5) is 5.69 Å². The van der Waals surface area contributed by atoms with E-state index in [4.69, 9.17) is 28.9 Å². The van der Waals surface area contributed by atoms with Crippen molar-refractivity contribution in [3.8, 4) is 0 Å². The number of carbonyl (C=O) groups is 1. The molecule has 6 heteroatoms. The van der Waals surface area contributed by atoms with E-state index < -0.39 is 11.5 Å². The molecule has 1 aliphatic rings. The van der Waals surface area contributed by atoms with Gasteiger partial charge >= 0.3 is 5.97 Å². The summed E-state index contributed by atoms with van der Waals surface area (Å²) in [5, 5.41) is 9.30. The molecule has 3 N–H and O–H groups in total. The molecule has 0 amide bonds. The highest BCUT2D eigenvalue weighted by Crippen LogP contribution is 2.30. The standard InChI is InChI=1S/C15H20Cl2N2O2/c16-5-7-19(8-6-17)13-2-1-11-3-4-15(18,14(20)21)10-12(11)9-13/h1-2,9H,3-8,10,18H2,(H,20,21)/t15-/m0/s1. The first-order valence-electron chi connectivity index (χ1n) is 7.01. The fourth-order valence-corrected chi connectivity index (χ4v) is 3.17. The average molecular weight is 331 g/mol. The Labute approximate surface area is 134 Å². The normalized spacial score (nSPS) is 20.9. The van der Waals surface area contributed by atoms with Crippen molar-refractivity contribution in [2.45, 2.75) is 24.8 Å². The fourth-order valence-electron chi connectivity index (χ4n) is 2.76. The quantitative estimate of drug-likeness (QED) is 0.785. The molecule has 0 heterocycles. The second-order valence-electron chi connectivity index (χ2n) is 5.46. The Hall–Kier alpha value is -0.970. The lowest BCUT2D eigenvalue weighted by Crippen LogP contribution is -2.52. The Morgan fingerprint density at radius 2 is 1.95 bits per heavy atom. The summed E-state index contributed by atoms with van der Waals surface area (Å²) in [4.78, 5) is 13.4. The summed E-state index contributed by atoms with van der Waals surface area (Å²) in [6, 6.07) is 6.13. The van der Waals surface area contributed by atoms with Crippen LogP contribution in [0.3, 0.4) is 0 Å². The predicted octanol–water partition coefficient (Wildman–Crippen LogP) is 2.24. The number of nitrogens with zero attached hydrogens (tertiary/aromatic N) is 1. The molecule has 1 atom stereocenters. The average Bonchev–Trinajstić information content (AvgIpc) is 2.46. The number of carboxylic acid groups (broad SMARTS) is 1. The van der Waals surface area contributed by atoms with Gasteiger partial charge in [-0.1, -0.05) is 6.07 Å². The largest absolute Gasteiger partial charge is 0.480 e. The number of hydrogen-bond donors (Lipinski definition) is 2. The molecule has 4 nitrogen and oxygen atoms in total. The molecular weight excluding hydrogens is 311 g/mol. The number of alkyl halides is 2. The van der Waals surface area contributed by atoms with Gasteiger partial charge in [0.15, 0.2) is 0 Å². The number of carboxylic acids is 1. The number of aliphatic carboxylic acids is 1. The summed E-state index contributed by atoms with van der Waals surface area (Å²) in [7, 11) is 0. The Morgan fingerprint density at radius 3 is 2.52 bits per heavy atom. The van der Waals surface area contributed by atoms with Gasteiger partial charge in [-0.15, -0.1) is 23.2 Å². The smallest absolute Gasteiger partial charge is 0.324 e. The van der Waals surface area contributed by atoms with Gasteiger partial charge in [0.25, 0.3) is 0 Å². The lowest BCUT2D eigenvalue weighted by atomic mass is 9.78. The van der Waals surface area contributed by atoms with Crippen molar-refractivity contribution < 1.29 is 9.90 Å². The number of nitrogens with two attached hydrogens (primary N) is 1. The topological polar surface area (TPSA) is 66.6 Å². The number of anilines is 1. The molecule has 1 aromatic carbocycles. The number of fused-ring (bicyclic) bond motifs is 1. The van der Waals surface area contributed by atoms with Gasteiger partial charge in [0.1, 0.15) is 5.54 Å². The van der Waals surface area contributed by atoms with Crippen LogP contribution < -0.4 is 10.6 Å². The summed E-state index contributed by atoms with van der Waals surface area (Å²) in [6.07, 6.45) is 1.53. The molecule has 0 spiro atoms. The lowest BCUT2D eigenvalue weighted by molar-refractivity contribution is -0.143. The van der Waals surface area contributed by atoms with Crippen LogP contribution in [0.25, 0.3) is 0 Å². The Morgan fingerprint density at radius 1 is 1.29 bits per heavy atom. The Kier molecular flexibility index (Phi) is 5.36. The van der Waals surface area contributed by atoms with E-state index >= 15 is 0 Å². The highest BCUT2D eigenvalue weighted by molar-refractivity contribution is 6.18. The molecule has 0 saturated carbocycles. The molecule has 0 bridgehead atoms. The lowest BCUT2D eigenvalue weighted by Gasteiger charge is -2.32. The zero-order valence-electron chi connectivity index (χ0n) is 11.8. The number of halogens is 2. The van der Waals surface area contributed by atoms with Gasteiger partial charge in [-0.2, -0.15) is 0 Å². The zero-order chi connectivity index (χ0) is 15.5. The third-order valence-electron chi connectivity index (χ3n) is 4.04. The molecule has 0 fully saturated rings. The first-order chi connectivity index (χ1) is 10.00. The van der Waals surface area contributed by atoms with Gasteiger partial charge in [0.2, 0.25) is 0 Å². The molecule has 0 saturated heterocycles. The molecule has 2 rings (SSSR count). The number of aryl methyl sites for hydroxylation is 1. The van der Waals surface area contributed by atoms with Crippen LogP contribution in [0, 0.1) is 0 Å². The highest BCUT2D eigenvalue weighted by Gasteiger charge is 2.37. The van der Waals surface area contributed by atoms with E-state index in [0.717, 1.165) is 11.3 Å². The van der Waals surface area contributed by atoms with Crippen molar-refractivity contribution >= 4 is 34.9 Å². The third-order valence-corrected chi connectivity index (χ3v) is 4.37. The second-order valence-corrected chi connectivity index (χ2v) is 6.21. The van der Waals surface area contributed by atoms with Crippen molar-refractivity contribution in [1.29, 1.82) is 0 Å². The summed E-state index contributed by atoms with van der Waals surface area (Å²) in [6.45, 7) is 1.42. The van der Waals surface area contributed by atoms with Crippen molar-refractivity contribution in [3.05, 3.63) is 29.3 Å². The number of benzene rings is 1. The molecule has 0 aliphatic heterocycles. The van der Waals surface area contributed by atoms with E-state index in [1.54, 1.807) is 0 Å². The summed E-state index contributed by atoms with van der Waals surface area (Å²) < 4.78 is 0. The third kappa shape index (κ3) is 3.62. The maximum Gasteiger partial charge on any atom is 0.324 e. The Bertz CT molecular complexity index is 518. The van der Waals surface area contributed by atoms with Crippen LogP contribution in [-0.2, 0) is 17.6 Å². The number of rotatable bonds is 6. The van der Waals surface area contributed by atoms with E-state index in [1.807, 2.05) is 12.1 Å². The van der Waals surface area contributed by atoms with E-state index in [1.165, 1.54) is 5.56 Å². The fraction of sp³-hybridized carbons (Fsp3) is 0.533. The monoisotopic (exact) mass is 330 g/mol. The van der Waals surface area contributed by atoms with E-state index in [-0.39, 0.29) is 0 Å². The van der Waals surface area contributed by atoms with Crippen LogP contribution in [0.15, 0.2) is 18.2 Å². The van der Waals surface area contributed by atoms with Crippen molar-refractivity contribution in [1.82, 2.24) is 0 Å². The van der Waals surface area contributed by atoms with Gasteiger partial charge in [0, 0.05) is 37.0 Å². The zero-order valence-corrected chi connectivity index (χ0v) is 13.3. The first-order valence-corrected chi connectivity index (χ1v) is 8.08. The van der Waals surface area contributed by atoms with Gasteiger partial charge in [0.05, 0.1) is 0 Å². The SMILES string of the molecule is N[C@@]1(C(=O)O)CCc2ccc(N(CCCl)CCCl)cc2C1. The predicted molar refractivity (Wildman–Crippen MR) is 86.7 cm³/mol. The Balaban J connectivity index is 2.27. The van der Waals surface area contributed by atoms with E-state index in [2.05, 4.69) is 11.0 Å². The van der Waals surface area contributed by atoms with Gasteiger partial charge in [-0.25, -0.2) is 0 Å². The van der Waals surface area contributed by atoms with Crippen molar-refractivity contribution in [2.24, 2.45) is 5.73 Å². The first kappa shape index (κ1) is 16.4. The number of hydrogen-bond acceptors (Lipinski definition) is 3. The van der Waals surface area contributed by atoms with Crippen LogP contribution >= 0.6 is 23.2 Å². The minimum atomic E-state index is -1.16. The maximum atomic E-state index is 11.3. The minimum absolute atomic E-state index is 0.362. The van der Waals surface area contributed by atoms with Gasteiger partial charge in [-0.3, -0.25) is 4.79 Å². The van der Waals surface area contributed by atoms with E-state index in [9.17, 15) is 9.90 Å². The van der Waals surface area contributed by atoms with Crippen molar-refractivity contribution in [2.75, 3.05) is 29.7 Å². The highest BCUT2D eigenvalue weighted by atomic mass is 35.5. The van der Waals surface area contributed by atoms with Gasteiger partial charge < -0.3 is 15.7 Å². The van der Waals surface area contributed by atoms with Crippen LogP contribution in [-0.4, -0.2) is 41.5 Å². The van der Waals surface area contributed by atoms with E-state index in [0.29, 0.717) is 44.1 Å². The molecule has 1 aromatic rings. The minimum Gasteiger partial charge on any atom is -0.480 e. The van der Waals surface area contributed by atoms with Crippen LogP contribution in [0.2, 0.25) is 0 Å².